The molecule has 0 spiro atoms. The molecule has 47 heavy (non-hydrogen) atoms. The molecule has 0 aliphatic heterocycles. The molecule has 1 aliphatic rings. The van der Waals surface area contributed by atoms with Crippen molar-refractivity contribution in [3.8, 4) is 11.3 Å². The van der Waals surface area contributed by atoms with Gasteiger partial charge in [0.05, 0.1) is 19.4 Å². The maximum Gasteiger partial charge on any atom is 0.162 e. The number of hydrogen-bond donors (Lipinski definition) is 1. The number of allylic oxidation sites excluding steroid dienone is 2. The Balaban J connectivity index is 0.000000269. The molecule has 0 fully saturated rings. The van der Waals surface area contributed by atoms with Gasteiger partial charge < -0.3 is 14.5 Å². The average molecular weight is 825 g/mol. The van der Waals surface area contributed by atoms with Crippen LogP contribution in [0.2, 0.25) is 19.6 Å². The summed E-state index contributed by atoms with van der Waals surface area (Å²) < 4.78 is 6.68. The number of fused-ring (bicyclic) bond motifs is 4. The zero-order chi connectivity index (χ0) is 33.6. The van der Waals surface area contributed by atoms with Gasteiger partial charge in [-0.1, -0.05) is 115 Å². The molecule has 251 valence electrons. The predicted octanol–water partition coefficient (Wildman–Crippen LogP) is 11.0. The van der Waals surface area contributed by atoms with E-state index in [9.17, 15) is 9.90 Å². The molecule has 0 atom stereocenters. The Morgan fingerprint density at radius 1 is 0.957 bits per heavy atom. The van der Waals surface area contributed by atoms with Crippen LogP contribution in [0, 0.1) is 24.8 Å². The number of benzene rings is 3. The third-order valence-electron chi connectivity index (χ3n) is 10.1. The summed E-state index contributed by atoms with van der Waals surface area (Å²) >= 11 is 0. The fraction of sp³-hybridized carbons (Fsp3) is 0.415. The Hall–Kier alpha value is -3.05. The second kappa shape index (κ2) is 14.2. The quantitative estimate of drug-likeness (QED) is 0.0733. The van der Waals surface area contributed by atoms with Crippen LogP contribution in [0.4, 0.5) is 0 Å². The van der Waals surface area contributed by atoms with Gasteiger partial charge in [0, 0.05) is 49.6 Å². The van der Waals surface area contributed by atoms with Gasteiger partial charge in [0.15, 0.2) is 5.78 Å². The molecule has 1 radical (unpaired) electrons. The third-order valence-corrected chi connectivity index (χ3v) is 12.1. The van der Waals surface area contributed by atoms with Crippen molar-refractivity contribution < 1.29 is 34.4 Å². The van der Waals surface area contributed by atoms with Crippen LogP contribution in [-0.4, -0.2) is 23.9 Å². The Bertz CT molecular complexity index is 1960. The first-order valence-electron chi connectivity index (χ1n) is 17.0. The number of aliphatic hydroxyl groups excluding tert-OH is 1. The van der Waals surface area contributed by atoms with Crippen molar-refractivity contribution in [1.29, 1.82) is 0 Å². The molecular formula is C41H50IrNO3Si-. The second-order valence-corrected chi connectivity index (χ2v) is 19.5. The molecular weight excluding hydrogens is 775 g/mol. The molecule has 1 N–H and O–H groups in total. The number of furan rings is 1. The molecule has 6 heteroatoms. The van der Waals surface area contributed by atoms with E-state index in [2.05, 4.69) is 88.9 Å². The van der Waals surface area contributed by atoms with Gasteiger partial charge in [-0.15, -0.1) is 17.7 Å². The maximum absolute atomic E-state index is 11.7. The number of rotatable bonds is 8. The van der Waals surface area contributed by atoms with Crippen LogP contribution in [0.3, 0.4) is 0 Å². The minimum Gasteiger partial charge on any atom is -0.512 e. The van der Waals surface area contributed by atoms with Gasteiger partial charge in [0.2, 0.25) is 0 Å². The van der Waals surface area contributed by atoms with E-state index in [-0.39, 0.29) is 48.9 Å². The van der Waals surface area contributed by atoms with Gasteiger partial charge in [0.25, 0.3) is 0 Å². The molecule has 0 saturated heterocycles. The number of hydrogen-bond acceptors (Lipinski definition) is 4. The standard InChI is InChI=1S/C28H26NOSi.C13H24O2.Ir/c1-16-11-12-19-22-23-20(13-14-21(31(4,5)6)27(23)30-26(16)22)28(2,3)24-18-10-8-7-9-17(18)15-29-25(19)24;1-5-10(6-2)12(14)9-13(15)11(7-3)8-4;/h7-11,13-15H,1-6H3;9-11,14H,5-8H2,1-4H3;/q-1;;/b;12-9-;. The number of carbonyl (C=O) groups is 1. The minimum atomic E-state index is -1.60. The molecule has 2 aromatic heterocycles. The Kier molecular flexibility index (Phi) is 11.1. The summed E-state index contributed by atoms with van der Waals surface area (Å²) in [5.74, 6) is 0.547. The smallest absolute Gasteiger partial charge is 0.162 e. The van der Waals surface area contributed by atoms with E-state index in [1.807, 2.05) is 33.9 Å². The van der Waals surface area contributed by atoms with E-state index in [1.54, 1.807) is 0 Å². The van der Waals surface area contributed by atoms with E-state index in [0.717, 1.165) is 53.7 Å². The molecule has 4 nitrogen and oxygen atoms in total. The molecule has 5 aromatic rings. The summed E-state index contributed by atoms with van der Waals surface area (Å²) in [5, 5.41) is 16.0. The van der Waals surface area contributed by atoms with Gasteiger partial charge in [0.1, 0.15) is 5.58 Å². The Morgan fingerprint density at radius 2 is 1.60 bits per heavy atom. The monoisotopic (exact) mass is 825 g/mol. The van der Waals surface area contributed by atoms with Crippen molar-refractivity contribution in [2.24, 2.45) is 11.8 Å². The second-order valence-electron chi connectivity index (χ2n) is 14.5. The summed E-state index contributed by atoms with van der Waals surface area (Å²) in [5.41, 5.74) is 7.66. The number of carbonyl (C=O) groups excluding carboxylic acids is 1. The molecule has 3 aromatic carbocycles. The number of aliphatic hydroxyl groups is 1. The first-order valence-corrected chi connectivity index (χ1v) is 20.5. The van der Waals surface area contributed by atoms with Crippen LogP contribution in [0.5, 0.6) is 0 Å². The molecule has 6 rings (SSSR count). The van der Waals surface area contributed by atoms with Crippen molar-refractivity contribution in [2.45, 2.75) is 99.2 Å². The van der Waals surface area contributed by atoms with Crippen LogP contribution in [0.15, 0.2) is 64.9 Å². The van der Waals surface area contributed by atoms with Crippen LogP contribution in [0.25, 0.3) is 44.0 Å². The molecule has 1 aliphatic carbocycles. The molecule has 0 unspecified atom stereocenters. The Morgan fingerprint density at radius 3 is 2.21 bits per heavy atom. The van der Waals surface area contributed by atoms with Gasteiger partial charge in [-0.3, -0.25) is 4.79 Å². The summed E-state index contributed by atoms with van der Waals surface area (Å²) in [6.45, 7) is 22.0. The fourth-order valence-corrected chi connectivity index (χ4v) is 8.68. The summed E-state index contributed by atoms with van der Waals surface area (Å²) in [4.78, 5) is 16.7. The first-order chi connectivity index (χ1) is 21.8. The normalized spacial score (nSPS) is 13.9. The van der Waals surface area contributed by atoms with Crippen molar-refractivity contribution >= 4 is 51.8 Å². The van der Waals surface area contributed by atoms with Crippen LogP contribution in [0.1, 0.15) is 83.9 Å². The van der Waals surface area contributed by atoms with Crippen LogP contribution < -0.4 is 5.19 Å². The number of aromatic nitrogens is 1. The molecule has 0 bridgehead atoms. The van der Waals surface area contributed by atoms with Gasteiger partial charge in [-0.2, -0.15) is 0 Å². The largest absolute Gasteiger partial charge is 0.512 e. The van der Waals surface area contributed by atoms with Gasteiger partial charge in [-0.25, -0.2) is 0 Å². The van der Waals surface area contributed by atoms with E-state index in [0.29, 0.717) is 0 Å². The van der Waals surface area contributed by atoms with E-state index >= 15 is 0 Å². The summed E-state index contributed by atoms with van der Waals surface area (Å²) in [6, 6.07) is 19.0. The van der Waals surface area contributed by atoms with Gasteiger partial charge in [-0.05, 0) is 63.8 Å². The van der Waals surface area contributed by atoms with Crippen molar-refractivity contribution in [1.82, 2.24) is 4.98 Å². The first kappa shape index (κ1) is 36.8. The SMILES string of the molecule is CCC(CC)C(=O)/C=C(\O)C(CC)CC.Cc1c[c-]c2c3c1oc1c([Si](C)(C)C)ccc(c13)C(C)(C)c1c-2ncc2ccccc12.[Ir]. The maximum atomic E-state index is 11.7. The number of pyridine rings is 1. The zero-order valence-electron chi connectivity index (χ0n) is 29.7. The van der Waals surface area contributed by atoms with Crippen molar-refractivity contribution in [3.63, 3.8) is 0 Å². The molecule has 0 amide bonds. The predicted molar refractivity (Wildman–Crippen MR) is 197 cm³/mol. The Labute approximate surface area is 295 Å². The van der Waals surface area contributed by atoms with Gasteiger partial charge >= 0.3 is 0 Å². The summed E-state index contributed by atoms with van der Waals surface area (Å²) in [7, 11) is -1.60. The minimum absolute atomic E-state index is 0. The molecule has 0 saturated carbocycles. The number of nitrogens with zero attached hydrogens (tertiary/aromatic N) is 1. The van der Waals surface area contributed by atoms with Crippen LogP contribution >= 0.6 is 0 Å². The zero-order valence-corrected chi connectivity index (χ0v) is 33.1. The van der Waals surface area contributed by atoms with Crippen molar-refractivity contribution in [2.75, 3.05) is 0 Å². The molecule has 2 heterocycles. The average Bonchev–Trinajstić information content (AvgIpc) is 3.39. The fourth-order valence-electron chi connectivity index (χ4n) is 7.24. The topological polar surface area (TPSA) is 63.3 Å². The van der Waals surface area contributed by atoms with E-state index in [4.69, 9.17) is 9.40 Å². The van der Waals surface area contributed by atoms with Crippen LogP contribution in [-0.2, 0) is 30.3 Å². The number of aryl methyl sites for hydroxylation is 1. The summed E-state index contributed by atoms with van der Waals surface area (Å²) in [6.07, 6.45) is 6.91. The van der Waals surface area contributed by atoms with Crippen molar-refractivity contribution in [3.05, 3.63) is 83.3 Å². The van der Waals surface area contributed by atoms with E-state index < -0.39 is 8.07 Å². The van der Waals surface area contributed by atoms with E-state index in [1.165, 1.54) is 43.9 Å². The number of ketones is 1. The third kappa shape index (κ3) is 6.54.